The van der Waals surface area contributed by atoms with E-state index in [9.17, 15) is 9.00 Å². The minimum atomic E-state index is -1.35. The van der Waals surface area contributed by atoms with Gasteiger partial charge in [0.15, 0.2) is 5.16 Å². The maximum Gasteiger partial charge on any atom is 0.218 e. The highest BCUT2D eigenvalue weighted by atomic mass is 32.2. The van der Waals surface area contributed by atoms with E-state index in [0.29, 0.717) is 16.4 Å². The van der Waals surface area contributed by atoms with Crippen molar-refractivity contribution in [1.29, 1.82) is 0 Å². The second kappa shape index (κ2) is 4.54. The molecule has 2 rings (SSSR count). The summed E-state index contributed by atoms with van der Waals surface area (Å²) in [5.74, 6) is -0.302. The highest BCUT2D eigenvalue weighted by Gasteiger charge is 2.11. The zero-order chi connectivity index (χ0) is 12.4. The molecule has 0 fully saturated rings. The van der Waals surface area contributed by atoms with Crippen LogP contribution in [0, 0.1) is 0 Å². The Morgan fingerprint density at radius 2 is 2.24 bits per heavy atom. The fourth-order valence-electron chi connectivity index (χ4n) is 1.40. The molecule has 0 saturated heterocycles. The van der Waals surface area contributed by atoms with Crippen molar-refractivity contribution in [2.45, 2.75) is 11.6 Å². The van der Waals surface area contributed by atoms with E-state index in [1.807, 2.05) is 0 Å². The van der Waals surface area contributed by atoms with Crippen molar-refractivity contribution >= 4 is 33.4 Å². The molecule has 0 bridgehead atoms. The minimum absolute atomic E-state index is 0.0752. The summed E-state index contributed by atoms with van der Waals surface area (Å²) in [6.07, 6.45) is 0.0752. The molecule has 0 aliphatic heterocycles. The quantitative estimate of drug-likeness (QED) is 0.671. The predicted molar refractivity (Wildman–Crippen MR) is 65.6 cm³/mol. The number of nitrogen functional groups attached to an aromatic ring is 1. The number of fused-ring (bicyclic) bond motifs is 1. The number of nitrogens with zero attached hydrogens (tertiary/aromatic N) is 1. The van der Waals surface area contributed by atoms with Crippen molar-refractivity contribution in [3.05, 3.63) is 18.2 Å². The van der Waals surface area contributed by atoms with Gasteiger partial charge in [-0.1, -0.05) is 0 Å². The van der Waals surface area contributed by atoms with Gasteiger partial charge in [0.2, 0.25) is 5.91 Å². The fourth-order valence-corrected chi connectivity index (χ4v) is 2.41. The molecule has 1 unspecified atom stereocenters. The van der Waals surface area contributed by atoms with Crippen LogP contribution in [0.5, 0.6) is 0 Å². The van der Waals surface area contributed by atoms with E-state index in [2.05, 4.69) is 9.97 Å². The first-order valence-corrected chi connectivity index (χ1v) is 6.30. The first kappa shape index (κ1) is 11.6. The molecule has 0 aliphatic carbocycles. The summed E-state index contributed by atoms with van der Waals surface area (Å²) < 4.78 is 11.8. The number of nitrogens with one attached hydrogen (secondary N) is 1. The standard InChI is InChI=1S/C10H12N4O2S/c11-6-1-2-7-8(5-6)14-10(13-7)17(16)4-3-9(12)15/h1-2,5H,3-4,11H2,(H2,12,15)(H,13,14). The van der Waals surface area contributed by atoms with E-state index in [0.717, 1.165) is 5.52 Å². The van der Waals surface area contributed by atoms with E-state index in [4.69, 9.17) is 11.5 Å². The molecule has 0 aliphatic rings. The van der Waals surface area contributed by atoms with E-state index in [1.165, 1.54) is 0 Å². The zero-order valence-electron chi connectivity index (χ0n) is 8.97. The number of amides is 1. The largest absolute Gasteiger partial charge is 0.399 e. The summed E-state index contributed by atoms with van der Waals surface area (Å²) >= 11 is 0. The highest BCUT2D eigenvalue weighted by molar-refractivity contribution is 7.84. The molecule has 1 aromatic carbocycles. The lowest BCUT2D eigenvalue weighted by atomic mass is 10.3. The first-order valence-electron chi connectivity index (χ1n) is 4.98. The van der Waals surface area contributed by atoms with Gasteiger partial charge in [-0.25, -0.2) is 4.98 Å². The molecule has 6 nitrogen and oxygen atoms in total. The second-order valence-electron chi connectivity index (χ2n) is 3.58. The molecule has 0 saturated carbocycles. The lowest BCUT2D eigenvalue weighted by molar-refractivity contribution is -0.117. The molecule has 2 aromatic rings. The number of carbonyl (C=O) groups is 1. The van der Waals surface area contributed by atoms with Crippen LogP contribution < -0.4 is 11.5 Å². The van der Waals surface area contributed by atoms with Crippen molar-refractivity contribution in [1.82, 2.24) is 9.97 Å². The monoisotopic (exact) mass is 252 g/mol. The number of hydrogen-bond donors (Lipinski definition) is 3. The van der Waals surface area contributed by atoms with Gasteiger partial charge in [0.25, 0.3) is 0 Å². The molecule has 5 N–H and O–H groups in total. The Balaban J connectivity index is 2.24. The van der Waals surface area contributed by atoms with E-state index in [1.54, 1.807) is 18.2 Å². The van der Waals surface area contributed by atoms with Crippen LogP contribution in [0.4, 0.5) is 5.69 Å². The Morgan fingerprint density at radius 1 is 1.47 bits per heavy atom. The van der Waals surface area contributed by atoms with Crippen LogP contribution in [-0.4, -0.2) is 25.8 Å². The van der Waals surface area contributed by atoms with Crippen molar-refractivity contribution in [2.75, 3.05) is 11.5 Å². The van der Waals surface area contributed by atoms with Gasteiger partial charge in [0.05, 0.1) is 21.8 Å². The highest BCUT2D eigenvalue weighted by Crippen LogP contribution is 2.16. The number of imidazole rings is 1. The van der Waals surface area contributed by atoms with Crippen LogP contribution in [0.25, 0.3) is 11.0 Å². The number of primary amides is 1. The molecule has 1 atom stereocenters. The van der Waals surface area contributed by atoms with Gasteiger partial charge in [-0.3, -0.25) is 9.00 Å². The number of carbonyl (C=O) groups excluding carboxylic acids is 1. The van der Waals surface area contributed by atoms with Crippen molar-refractivity contribution in [3.8, 4) is 0 Å². The van der Waals surface area contributed by atoms with Crippen molar-refractivity contribution in [3.63, 3.8) is 0 Å². The number of anilines is 1. The van der Waals surface area contributed by atoms with Gasteiger partial charge in [0.1, 0.15) is 0 Å². The molecule has 17 heavy (non-hydrogen) atoms. The summed E-state index contributed by atoms with van der Waals surface area (Å²) in [7, 11) is -1.35. The lowest BCUT2D eigenvalue weighted by Crippen LogP contribution is -2.14. The summed E-state index contributed by atoms with van der Waals surface area (Å²) in [6.45, 7) is 0. The number of hydrogen-bond acceptors (Lipinski definition) is 4. The Hall–Kier alpha value is -1.89. The summed E-state index contributed by atoms with van der Waals surface area (Å²) in [4.78, 5) is 17.7. The lowest BCUT2D eigenvalue weighted by Gasteiger charge is -1.94. The van der Waals surface area contributed by atoms with Gasteiger partial charge in [-0.15, -0.1) is 0 Å². The van der Waals surface area contributed by atoms with Crippen molar-refractivity contribution in [2.24, 2.45) is 5.73 Å². The van der Waals surface area contributed by atoms with Crippen LogP contribution in [-0.2, 0) is 15.6 Å². The third-order valence-corrected chi connectivity index (χ3v) is 3.43. The number of benzene rings is 1. The Labute approximate surface area is 99.9 Å². The average molecular weight is 252 g/mol. The van der Waals surface area contributed by atoms with Crippen LogP contribution in [0.1, 0.15) is 6.42 Å². The summed E-state index contributed by atoms with van der Waals surface area (Å²) in [6, 6.07) is 5.19. The number of rotatable bonds is 4. The van der Waals surface area contributed by atoms with Gasteiger partial charge < -0.3 is 16.5 Å². The topological polar surface area (TPSA) is 115 Å². The van der Waals surface area contributed by atoms with E-state index in [-0.39, 0.29) is 12.2 Å². The smallest absolute Gasteiger partial charge is 0.218 e. The molecule has 1 aromatic heterocycles. The fraction of sp³-hybridized carbons (Fsp3) is 0.200. The molecule has 0 radical (unpaired) electrons. The van der Waals surface area contributed by atoms with Crippen LogP contribution in [0.2, 0.25) is 0 Å². The third-order valence-electron chi connectivity index (χ3n) is 2.23. The minimum Gasteiger partial charge on any atom is -0.399 e. The number of aromatic nitrogens is 2. The van der Waals surface area contributed by atoms with Crippen molar-refractivity contribution < 1.29 is 9.00 Å². The molecule has 1 amide bonds. The number of H-pyrrole nitrogens is 1. The molecular formula is C10H12N4O2S. The summed E-state index contributed by atoms with van der Waals surface area (Å²) in [5.41, 5.74) is 12.6. The van der Waals surface area contributed by atoms with Crippen LogP contribution in [0.3, 0.4) is 0 Å². The Kier molecular flexibility index (Phi) is 3.10. The molecule has 90 valence electrons. The van der Waals surface area contributed by atoms with Gasteiger partial charge in [-0.05, 0) is 18.2 Å². The Morgan fingerprint density at radius 3 is 2.94 bits per heavy atom. The van der Waals surface area contributed by atoms with Gasteiger partial charge in [-0.2, -0.15) is 0 Å². The van der Waals surface area contributed by atoms with Crippen LogP contribution >= 0.6 is 0 Å². The average Bonchev–Trinajstić information content (AvgIpc) is 2.68. The maximum absolute atomic E-state index is 11.8. The maximum atomic E-state index is 11.8. The Bertz CT molecular complexity index is 593. The van der Waals surface area contributed by atoms with E-state index >= 15 is 0 Å². The second-order valence-corrected chi connectivity index (χ2v) is 5.07. The predicted octanol–water partition coefficient (Wildman–Crippen LogP) is 0.128. The normalized spacial score (nSPS) is 12.7. The molecule has 7 heteroatoms. The van der Waals surface area contributed by atoms with Gasteiger partial charge >= 0.3 is 0 Å². The van der Waals surface area contributed by atoms with E-state index < -0.39 is 16.7 Å². The van der Waals surface area contributed by atoms with Gasteiger partial charge in [0, 0.05) is 17.9 Å². The summed E-state index contributed by atoms with van der Waals surface area (Å²) in [5, 5.41) is 0.340. The number of aromatic amines is 1. The number of nitrogens with two attached hydrogens (primary N) is 2. The zero-order valence-corrected chi connectivity index (χ0v) is 9.79. The first-order chi connectivity index (χ1) is 8.06. The molecular weight excluding hydrogens is 240 g/mol. The van der Waals surface area contributed by atoms with Crippen LogP contribution in [0.15, 0.2) is 23.4 Å². The molecule has 0 spiro atoms. The molecule has 1 heterocycles. The SMILES string of the molecule is NC(=O)CCS(=O)c1nc2ccc(N)cc2[nH]1. The third kappa shape index (κ3) is 2.62.